The predicted octanol–water partition coefficient (Wildman–Crippen LogP) is 2.28. The molecule has 4 aromatic heterocycles. The molecule has 0 saturated heterocycles. The first-order chi connectivity index (χ1) is 14.1. The summed E-state index contributed by atoms with van der Waals surface area (Å²) in [4.78, 5) is 13.3. The maximum Gasteiger partial charge on any atom is 0.229 e. The highest BCUT2D eigenvalue weighted by Crippen LogP contribution is 2.25. The summed E-state index contributed by atoms with van der Waals surface area (Å²) in [5.74, 6) is 0.792. The van der Waals surface area contributed by atoms with Gasteiger partial charge in [-0.1, -0.05) is 12.1 Å². The van der Waals surface area contributed by atoms with Gasteiger partial charge in [-0.25, -0.2) is 9.97 Å². The number of benzene rings is 1. The van der Waals surface area contributed by atoms with Crippen LogP contribution in [0.2, 0.25) is 0 Å². The molecular weight excluding hydrogens is 368 g/mol. The van der Waals surface area contributed by atoms with Gasteiger partial charge in [-0.3, -0.25) is 13.9 Å². The van der Waals surface area contributed by atoms with E-state index < -0.39 is 0 Å². The van der Waals surface area contributed by atoms with Crippen LogP contribution >= 0.6 is 0 Å². The van der Waals surface area contributed by atoms with Crippen LogP contribution < -0.4 is 11.1 Å². The van der Waals surface area contributed by atoms with Crippen LogP contribution in [0, 0.1) is 0 Å². The number of nitrogens with one attached hydrogen (secondary N) is 1. The molecule has 0 aliphatic heterocycles. The lowest BCUT2D eigenvalue weighted by atomic mass is 10.1. The zero-order valence-electron chi connectivity index (χ0n) is 15.9. The average Bonchev–Trinajstić information content (AvgIpc) is 3.40. The first-order valence-electron chi connectivity index (χ1n) is 8.93. The Hall–Kier alpha value is -4.21. The van der Waals surface area contributed by atoms with Gasteiger partial charge in [-0.15, -0.1) is 0 Å². The summed E-state index contributed by atoms with van der Waals surface area (Å²) in [6, 6.07) is 8.01. The standard InChI is InChI=1S/C19H18N10/c1-27-10-13(7-22-27)12-3-5-15(6-4-12)29-17-16(25-18(29)20)9-21-19(26-17)24-14-8-23-28(2)11-14/h3-11H,1-2H3,(H2,20,25)(H,21,24,26). The van der Waals surface area contributed by atoms with E-state index in [2.05, 4.69) is 30.5 Å². The van der Waals surface area contributed by atoms with Crippen molar-refractivity contribution < 1.29 is 0 Å². The normalized spacial score (nSPS) is 11.2. The van der Waals surface area contributed by atoms with Gasteiger partial charge in [0.1, 0.15) is 5.52 Å². The van der Waals surface area contributed by atoms with Crippen molar-refractivity contribution in [2.75, 3.05) is 11.1 Å². The van der Waals surface area contributed by atoms with Crippen LogP contribution in [0.1, 0.15) is 0 Å². The first-order valence-corrected chi connectivity index (χ1v) is 8.93. The summed E-state index contributed by atoms with van der Waals surface area (Å²) in [7, 11) is 3.74. The molecule has 0 amide bonds. The van der Waals surface area contributed by atoms with Crippen molar-refractivity contribution >= 4 is 28.7 Å². The molecule has 4 heterocycles. The third-order valence-electron chi connectivity index (χ3n) is 4.55. The molecule has 10 heteroatoms. The van der Waals surface area contributed by atoms with Crippen LogP contribution in [0.15, 0.2) is 55.2 Å². The fourth-order valence-electron chi connectivity index (χ4n) is 3.19. The van der Waals surface area contributed by atoms with E-state index in [-0.39, 0.29) is 0 Å². The number of aromatic nitrogens is 8. The Labute approximate surface area is 165 Å². The molecule has 0 bridgehead atoms. The summed E-state index contributed by atoms with van der Waals surface area (Å²) >= 11 is 0. The molecule has 5 aromatic rings. The van der Waals surface area contributed by atoms with E-state index in [4.69, 9.17) is 5.73 Å². The van der Waals surface area contributed by atoms with E-state index in [1.165, 1.54) is 0 Å². The maximum absolute atomic E-state index is 6.18. The van der Waals surface area contributed by atoms with Crippen molar-refractivity contribution in [2.45, 2.75) is 0 Å². The molecule has 1 aromatic carbocycles. The molecule has 5 rings (SSSR count). The molecule has 0 unspecified atom stereocenters. The third-order valence-corrected chi connectivity index (χ3v) is 4.55. The van der Waals surface area contributed by atoms with Crippen LogP contribution in [-0.4, -0.2) is 39.1 Å². The van der Waals surface area contributed by atoms with E-state index >= 15 is 0 Å². The van der Waals surface area contributed by atoms with Gasteiger partial charge in [-0.05, 0) is 17.7 Å². The van der Waals surface area contributed by atoms with Crippen molar-refractivity contribution in [3.8, 4) is 16.8 Å². The molecule has 3 N–H and O–H groups in total. The van der Waals surface area contributed by atoms with Gasteiger partial charge in [0.2, 0.25) is 11.9 Å². The van der Waals surface area contributed by atoms with Gasteiger partial charge in [0.05, 0.1) is 30.0 Å². The Morgan fingerprint density at radius 3 is 2.31 bits per heavy atom. The number of rotatable bonds is 4. The lowest BCUT2D eigenvalue weighted by Crippen LogP contribution is -2.03. The number of hydrogen-bond donors (Lipinski definition) is 2. The fraction of sp³-hybridized carbons (Fsp3) is 0.105. The van der Waals surface area contributed by atoms with Gasteiger partial charge in [0.15, 0.2) is 5.65 Å². The Kier molecular flexibility index (Phi) is 3.76. The molecular formula is C19H18N10. The van der Waals surface area contributed by atoms with Gasteiger partial charge >= 0.3 is 0 Å². The second-order valence-electron chi connectivity index (χ2n) is 6.69. The molecule has 0 spiro atoms. The summed E-state index contributed by atoms with van der Waals surface area (Å²) in [6.45, 7) is 0. The molecule has 29 heavy (non-hydrogen) atoms. The Morgan fingerprint density at radius 2 is 1.62 bits per heavy atom. The molecule has 10 nitrogen and oxygen atoms in total. The highest BCUT2D eigenvalue weighted by atomic mass is 15.3. The van der Waals surface area contributed by atoms with Crippen LogP contribution in [-0.2, 0) is 14.1 Å². The van der Waals surface area contributed by atoms with E-state index in [9.17, 15) is 0 Å². The van der Waals surface area contributed by atoms with Crippen molar-refractivity contribution in [1.29, 1.82) is 0 Å². The SMILES string of the molecule is Cn1cc(Nc2ncc3nc(N)n(-c4ccc(-c5cnn(C)c5)cc4)c3n2)cn1. The number of fused-ring (bicyclic) bond motifs is 1. The second-order valence-corrected chi connectivity index (χ2v) is 6.69. The topological polar surface area (TPSA) is 117 Å². The highest BCUT2D eigenvalue weighted by Gasteiger charge is 2.14. The van der Waals surface area contributed by atoms with Crippen LogP contribution in [0.4, 0.5) is 17.6 Å². The van der Waals surface area contributed by atoms with Crippen LogP contribution in [0.5, 0.6) is 0 Å². The first kappa shape index (κ1) is 16.9. The van der Waals surface area contributed by atoms with Crippen molar-refractivity contribution in [2.24, 2.45) is 14.1 Å². The Balaban J connectivity index is 1.53. The smallest absolute Gasteiger partial charge is 0.229 e. The largest absolute Gasteiger partial charge is 0.369 e. The van der Waals surface area contributed by atoms with Gasteiger partial charge in [0.25, 0.3) is 0 Å². The lowest BCUT2D eigenvalue weighted by molar-refractivity contribution is 0.768. The molecule has 0 aliphatic rings. The monoisotopic (exact) mass is 386 g/mol. The highest BCUT2D eigenvalue weighted by molar-refractivity contribution is 5.78. The van der Waals surface area contributed by atoms with Crippen molar-refractivity contribution in [3.63, 3.8) is 0 Å². The molecule has 0 radical (unpaired) electrons. The minimum atomic E-state index is 0.349. The molecule has 0 aliphatic carbocycles. The van der Waals surface area contributed by atoms with E-state index in [0.29, 0.717) is 23.1 Å². The Morgan fingerprint density at radius 1 is 0.862 bits per heavy atom. The van der Waals surface area contributed by atoms with Crippen LogP contribution in [0.25, 0.3) is 28.0 Å². The minimum absolute atomic E-state index is 0.349. The number of anilines is 3. The predicted molar refractivity (Wildman–Crippen MR) is 110 cm³/mol. The van der Waals surface area contributed by atoms with E-state index in [0.717, 1.165) is 22.5 Å². The summed E-state index contributed by atoms with van der Waals surface area (Å²) in [5, 5.41) is 11.5. The average molecular weight is 386 g/mol. The molecule has 0 saturated carbocycles. The van der Waals surface area contributed by atoms with Gasteiger partial charge in [-0.2, -0.15) is 15.2 Å². The Bertz CT molecular complexity index is 1310. The number of aryl methyl sites for hydroxylation is 2. The summed E-state index contributed by atoms with van der Waals surface area (Å²) in [5.41, 5.74) is 11.2. The number of nitrogens with two attached hydrogens (primary N) is 1. The van der Waals surface area contributed by atoms with Crippen molar-refractivity contribution in [1.82, 2.24) is 39.1 Å². The van der Waals surface area contributed by atoms with Crippen molar-refractivity contribution in [3.05, 3.63) is 55.2 Å². The molecule has 0 atom stereocenters. The number of nitrogen functional groups attached to an aromatic ring is 1. The summed E-state index contributed by atoms with van der Waals surface area (Å²) in [6.07, 6.45) is 9.00. The number of imidazole rings is 1. The quantitative estimate of drug-likeness (QED) is 0.486. The van der Waals surface area contributed by atoms with Crippen LogP contribution in [0.3, 0.4) is 0 Å². The third kappa shape index (κ3) is 3.06. The van der Waals surface area contributed by atoms with Gasteiger partial charge < -0.3 is 11.1 Å². The molecule has 0 fully saturated rings. The number of hydrogen-bond acceptors (Lipinski definition) is 7. The fourth-order valence-corrected chi connectivity index (χ4v) is 3.19. The lowest BCUT2D eigenvalue weighted by Gasteiger charge is -2.08. The minimum Gasteiger partial charge on any atom is -0.369 e. The zero-order valence-corrected chi connectivity index (χ0v) is 15.9. The summed E-state index contributed by atoms with van der Waals surface area (Å²) < 4.78 is 5.28. The second kappa shape index (κ2) is 6.44. The van der Waals surface area contributed by atoms with E-state index in [1.807, 2.05) is 57.0 Å². The van der Waals surface area contributed by atoms with E-state index in [1.54, 1.807) is 26.3 Å². The zero-order chi connectivity index (χ0) is 20.0. The maximum atomic E-state index is 6.18. The van der Waals surface area contributed by atoms with Gasteiger partial charge in [0, 0.05) is 32.1 Å². The number of nitrogens with zero attached hydrogens (tertiary/aromatic N) is 8. The molecule has 144 valence electrons.